The van der Waals surface area contributed by atoms with E-state index in [1.165, 1.54) is 5.56 Å². The van der Waals surface area contributed by atoms with Gasteiger partial charge in [-0.25, -0.2) is 0 Å². The predicted octanol–water partition coefficient (Wildman–Crippen LogP) is 4.99. The van der Waals surface area contributed by atoms with Crippen LogP contribution in [0.25, 0.3) is 11.4 Å². The zero-order valence-corrected chi connectivity index (χ0v) is 18.1. The molecule has 2 aromatic carbocycles. The number of amides is 1. The maximum atomic E-state index is 12.6. The summed E-state index contributed by atoms with van der Waals surface area (Å²) >= 11 is 5.37. The van der Waals surface area contributed by atoms with Crippen LogP contribution < -0.4 is 14.8 Å². The number of nitrogens with one attached hydrogen (secondary N) is 2. The fourth-order valence-electron chi connectivity index (χ4n) is 4.17. The molecule has 1 aromatic heterocycles. The number of H-pyrrole nitrogens is 1. The molecule has 5 rings (SSSR count). The summed E-state index contributed by atoms with van der Waals surface area (Å²) in [5, 5.41) is 10.1. The molecule has 0 atom stereocenters. The van der Waals surface area contributed by atoms with Gasteiger partial charge in [-0.3, -0.25) is 14.5 Å². The van der Waals surface area contributed by atoms with E-state index in [1.54, 1.807) is 0 Å². The number of hydrogen-bond donors (Lipinski definition) is 2. The molecule has 1 fully saturated rings. The summed E-state index contributed by atoms with van der Waals surface area (Å²) in [7, 11) is 0. The zero-order chi connectivity index (χ0) is 21.4. The highest BCUT2D eigenvalue weighted by atomic mass is 32.1. The molecule has 1 spiro atoms. The van der Waals surface area contributed by atoms with E-state index >= 15 is 0 Å². The van der Waals surface area contributed by atoms with Crippen LogP contribution in [-0.4, -0.2) is 26.5 Å². The van der Waals surface area contributed by atoms with E-state index in [9.17, 15) is 4.79 Å². The highest BCUT2D eigenvalue weighted by molar-refractivity contribution is 7.71. The lowest BCUT2D eigenvalue weighted by Crippen LogP contribution is -2.34. The first kappa shape index (κ1) is 19.8. The number of nitrogens with zero attached hydrogens (tertiary/aromatic N) is 2. The number of fused-ring (bicyclic) bond motifs is 1. The van der Waals surface area contributed by atoms with Crippen molar-refractivity contribution in [3.8, 4) is 22.9 Å². The first-order valence-electron chi connectivity index (χ1n) is 10.6. The summed E-state index contributed by atoms with van der Waals surface area (Å²) in [6.07, 6.45) is 4.29. The summed E-state index contributed by atoms with van der Waals surface area (Å²) < 4.78 is 14.5. The number of carbonyl (C=O) groups excluding carboxylic acids is 1. The van der Waals surface area contributed by atoms with Gasteiger partial charge < -0.3 is 14.8 Å². The quantitative estimate of drug-likeness (QED) is 0.551. The minimum absolute atomic E-state index is 0.104. The third-order valence-electron chi connectivity index (χ3n) is 5.82. The maximum absolute atomic E-state index is 12.6. The summed E-state index contributed by atoms with van der Waals surface area (Å²) in [5.41, 5.74) is 2.82. The van der Waals surface area contributed by atoms with Crippen LogP contribution in [0.15, 0.2) is 42.5 Å². The third kappa shape index (κ3) is 3.95. The van der Waals surface area contributed by atoms with Crippen molar-refractivity contribution < 1.29 is 14.3 Å². The van der Waals surface area contributed by atoms with Crippen LogP contribution in [0.5, 0.6) is 11.5 Å². The lowest BCUT2D eigenvalue weighted by molar-refractivity contribution is -0.116. The molecule has 1 aliphatic carbocycles. The van der Waals surface area contributed by atoms with Gasteiger partial charge in [0.1, 0.15) is 0 Å². The number of aromatic nitrogens is 3. The largest absolute Gasteiger partial charge is 0.448 e. The van der Waals surface area contributed by atoms with Crippen molar-refractivity contribution in [3.63, 3.8) is 0 Å². The number of benzene rings is 2. The number of aromatic amines is 1. The Morgan fingerprint density at radius 1 is 1.16 bits per heavy atom. The van der Waals surface area contributed by atoms with Crippen molar-refractivity contribution in [3.05, 3.63) is 52.8 Å². The van der Waals surface area contributed by atoms with Gasteiger partial charge in [0.2, 0.25) is 5.91 Å². The first-order chi connectivity index (χ1) is 15.0. The lowest BCUT2D eigenvalue weighted by Gasteiger charge is -2.21. The van der Waals surface area contributed by atoms with Crippen LogP contribution in [0.1, 0.15) is 37.7 Å². The normalized spacial score (nSPS) is 16.0. The standard InChI is InChI=1S/C23H24N4O3S/c1-15-4-6-16(7-5-15)21-25-26-22(31)27(21)13-10-20(28)24-17-8-9-18-19(14-17)30-23(29-18)11-2-3-12-23/h4-9,14H,2-3,10-13H2,1H3,(H,24,28)(H,26,31). The molecule has 31 heavy (non-hydrogen) atoms. The minimum atomic E-state index is -0.505. The van der Waals surface area contributed by atoms with Crippen LogP contribution in [0, 0.1) is 11.7 Å². The Bertz CT molecular complexity index is 1180. The predicted molar refractivity (Wildman–Crippen MR) is 120 cm³/mol. The summed E-state index contributed by atoms with van der Waals surface area (Å²) in [6.45, 7) is 2.47. The second-order valence-electron chi connectivity index (χ2n) is 8.15. The Balaban J connectivity index is 1.24. The monoisotopic (exact) mass is 436 g/mol. The molecule has 160 valence electrons. The third-order valence-corrected chi connectivity index (χ3v) is 6.13. The number of anilines is 1. The number of rotatable bonds is 5. The van der Waals surface area contributed by atoms with Crippen molar-refractivity contribution in [1.82, 2.24) is 14.8 Å². The van der Waals surface area contributed by atoms with Gasteiger partial charge in [-0.05, 0) is 44.1 Å². The van der Waals surface area contributed by atoms with Gasteiger partial charge in [-0.2, -0.15) is 5.10 Å². The Morgan fingerprint density at radius 2 is 1.90 bits per heavy atom. The average molecular weight is 437 g/mol. The minimum Gasteiger partial charge on any atom is -0.448 e. The van der Waals surface area contributed by atoms with E-state index in [0.717, 1.165) is 42.8 Å². The first-order valence-corrected chi connectivity index (χ1v) is 11.0. The maximum Gasteiger partial charge on any atom is 0.251 e. The van der Waals surface area contributed by atoms with E-state index in [1.807, 2.05) is 54.0 Å². The number of carbonyl (C=O) groups is 1. The number of hydrogen-bond acceptors (Lipinski definition) is 5. The fourth-order valence-corrected chi connectivity index (χ4v) is 4.40. The molecule has 2 N–H and O–H groups in total. The van der Waals surface area contributed by atoms with Crippen molar-refractivity contribution in [2.75, 3.05) is 5.32 Å². The molecular weight excluding hydrogens is 412 g/mol. The van der Waals surface area contributed by atoms with Gasteiger partial charge >= 0.3 is 0 Å². The number of ether oxygens (including phenoxy) is 2. The Hall–Kier alpha value is -3.13. The van der Waals surface area contributed by atoms with E-state index in [2.05, 4.69) is 15.5 Å². The molecule has 0 saturated heterocycles. The molecule has 0 unspecified atom stereocenters. The second kappa shape index (κ2) is 7.85. The molecule has 1 amide bonds. The summed E-state index contributed by atoms with van der Waals surface area (Å²) in [4.78, 5) is 12.6. The average Bonchev–Trinajstić information content (AvgIpc) is 3.46. The van der Waals surface area contributed by atoms with E-state index in [-0.39, 0.29) is 12.3 Å². The second-order valence-corrected chi connectivity index (χ2v) is 8.54. The Morgan fingerprint density at radius 3 is 2.68 bits per heavy atom. The van der Waals surface area contributed by atoms with E-state index in [0.29, 0.717) is 22.8 Å². The van der Waals surface area contributed by atoms with Gasteiger partial charge in [-0.1, -0.05) is 29.8 Å². The summed E-state index contributed by atoms with van der Waals surface area (Å²) in [6, 6.07) is 13.6. The van der Waals surface area contributed by atoms with E-state index in [4.69, 9.17) is 21.7 Å². The van der Waals surface area contributed by atoms with Crippen LogP contribution in [0.4, 0.5) is 5.69 Å². The Kier molecular flexibility index (Phi) is 5.02. The van der Waals surface area contributed by atoms with Gasteiger partial charge in [0.25, 0.3) is 5.79 Å². The molecule has 7 nitrogen and oxygen atoms in total. The smallest absolute Gasteiger partial charge is 0.251 e. The molecule has 2 aliphatic rings. The molecular formula is C23H24N4O3S. The van der Waals surface area contributed by atoms with Crippen molar-refractivity contribution in [2.24, 2.45) is 0 Å². The molecule has 0 bridgehead atoms. The summed E-state index contributed by atoms with van der Waals surface area (Å²) in [5.74, 6) is 1.55. The fraction of sp³-hybridized carbons (Fsp3) is 0.348. The lowest BCUT2D eigenvalue weighted by atomic mass is 10.1. The molecule has 1 aliphatic heterocycles. The highest BCUT2D eigenvalue weighted by Crippen LogP contribution is 2.47. The van der Waals surface area contributed by atoms with Crippen molar-refractivity contribution >= 4 is 23.8 Å². The van der Waals surface area contributed by atoms with Gasteiger partial charge in [0.15, 0.2) is 22.1 Å². The molecule has 0 radical (unpaired) electrons. The topological polar surface area (TPSA) is 81.2 Å². The van der Waals surface area contributed by atoms with Gasteiger partial charge in [0.05, 0.1) is 0 Å². The molecule has 3 aromatic rings. The van der Waals surface area contributed by atoms with Crippen molar-refractivity contribution in [1.29, 1.82) is 0 Å². The highest BCUT2D eigenvalue weighted by Gasteiger charge is 2.44. The Labute approximate surface area is 185 Å². The van der Waals surface area contributed by atoms with Crippen molar-refractivity contribution in [2.45, 2.75) is 51.4 Å². The van der Waals surface area contributed by atoms with Gasteiger partial charge in [0, 0.05) is 43.1 Å². The molecule has 2 heterocycles. The SMILES string of the molecule is Cc1ccc(-c2n[nH]c(=S)n2CCC(=O)Nc2ccc3c(c2)OC2(CCCC2)O3)cc1. The molecule has 8 heteroatoms. The van der Waals surface area contributed by atoms with Gasteiger partial charge in [-0.15, -0.1) is 0 Å². The van der Waals surface area contributed by atoms with Crippen LogP contribution in [0.2, 0.25) is 0 Å². The number of aryl methyl sites for hydroxylation is 1. The van der Waals surface area contributed by atoms with Crippen LogP contribution in [-0.2, 0) is 11.3 Å². The van der Waals surface area contributed by atoms with E-state index < -0.39 is 5.79 Å². The van der Waals surface area contributed by atoms with Crippen LogP contribution in [0.3, 0.4) is 0 Å². The molecule has 1 saturated carbocycles. The van der Waals surface area contributed by atoms with Crippen LogP contribution >= 0.6 is 12.2 Å². The zero-order valence-electron chi connectivity index (χ0n) is 17.3.